The van der Waals surface area contributed by atoms with Gasteiger partial charge in [-0.05, 0) is 38.9 Å². The van der Waals surface area contributed by atoms with E-state index in [0.717, 1.165) is 59.4 Å². The molecule has 224 valence electrons. The summed E-state index contributed by atoms with van der Waals surface area (Å²) in [6.07, 6.45) is 0.0305. The number of hydrogen-bond donors (Lipinski definition) is 2. The topological polar surface area (TPSA) is 68.0 Å². The Balaban J connectivity index is 1.27. The molecule has 1 fully saturated rings. The minimum atomic E-state index is -0.509. The highest BCUT2D eigenvalue weighted by atomic mass is 16.7. The predicted molar refractivity (Wildman–Crippen MR) is 175 cm³/mol. The zero-order valence-electron chi connectivity index (χ0n) is 25.0. The van der Waals surface area contributed by atoms with Crippen molar-refractivity contribution in [3.63, 3.8) is 0 Å². The van der Waals surface area contributed by atoms with Gasteiger partial charge < -0.3 is 20.3 Å². The fourth-order valence-corrected chi connectivity index (χ4v) is 5.99. The van der Waals surface area contributed by atoms with E-state index in [9.17, 15) is 5.11 Å². The van der Waals surface area contributed by atoms with Crippen molar-refractivity contribution in [1.82, 2.24) is 4.90 Å². The maximum Gasteiger partial charge on any atom is 0.184 e. The molecule has 1 saturated heterocycles. The van der Waals surface area contributed by atoms with Crippen LogP contribution < -0.4 is 5.73 Å². The number of rotatable bonds is 11. The van der Waals surface area contributed by atoms with E-state index in [1.54, 1.807) is 0 Å². The SMILES string of the molecule is NCc1ccccc1-c1ccc([C@H]2O[C@@H](CN(Cc3ccccc3)Cc3ccccc3)C[C@@H](c3ccc(CO)cc3)O2)cc1. The third kappa shape index (κ3) is 7.51. The smallest absolute Gasteiger partial charge is 0.184 e. The number of aliphatic hydroxyl groups excluding tert-OH is 1. The molecule has 0 unspecified atom stereocenters. The molecule has 5 aromatic carbocycles. The molecule has 44 heavy (non-hydrogen) atoms. The summed E-state index contributed by atoms with van der Waals surface area (Å²) in [4.78, 5) is 2.47. The van der Waals surface area contributed by atoms with Gasteiger partial charge in [0.05, 0.1) is 18.8 Å². The van der Waals surface area contributed by atoms with Crippen LogP contribution in [0.1, 0.15) is 52.2 Å². The standard InChI is InChI=1S/C39H40N2O3/c40-24-35-13-7-8-14-37(35)32-19-21-34(22-20-32)39-43-36(23-38(44-39)33-17-15-31(28-42)16-18-33)27-41(25-29-9-3-1-4-10-29)26-30-11-5-2-6-12-30/h1-22,36,38-39,42H,23-28,40H2/t36-,38+,39+/m1/s1. The highest BCUT2D eigenvalue weighted by Crippen LogP contribution is 2.39. The van der Waals surface area contributed by atoms with Crippen LogP contribution >= 0.6 is 0 Å². The highest BCUT2D eigenvalue weighted by Gasteiger charge is 2.33. The molecule has 5 nitrogen and oxygen atoms in total. The molecule has 0 aliphatic carbocycles. The Bertz CT molecular complexity index is 1550. The maximum absolute atomic E-state index is 9.59. The van der Waals surface area contributed by atoms with Crippen LogP contribution in [0.3, 0.4) is 0 Å². The van der Waals surface area contributed by atoms with Gasteiger partial charge in [0.25, 0.3) is 0 Å². The largest absolute Gasteiger partial charge is 0.392 e. The van der Waals surface area contributed by atoms with Gasteiger partial charge in [0, 0.05) is 38.2 Å². The van der Waals surface area contributed by atoms with Crippen molar-refractivity contribution in [3.8, 4) is 11.1 Å². The monoisotopic (exact) mass is 584 g/mol. The highest BCUT2D eigenvalue weighted by molar-refractivity contribution is 5.67. The van der Waals surface area contributed by atoms with Crippen LogP contribution in [0, 0.1) is 0 Å². The Labute approximate surface area is 260 Å². The van der Waals surface area contributed by atoms with Gasteiger partial charge in [-0.1, -0.05) is 133 Å². The van der Waals surface area contributed by atoms with Crippen LogP contribution in [0.4, 0.5) is 0 Å². The number of nitrogens with two attached hydrogens (primary N) is 1. The third-order valence-electron chi connectivity index (χ3n) is 8.31. The third-order valence-corrected chi connectivity index (χ3v) is 8.31. The van der Waals surface area contributed by atoms with Gasteiger partial charge in [0.2, 0.25) is 0 Å². The van der Waals surface area contributed by atoms with Gasteiger partial charge >= 0.3 is 0 Å². The number of aliphatic hydroxyl groups is 1. The number of ether oxygens (including phenoxy) is 2. The van der Waals surface area contributed by atoms with Crippen molar-refractivity contribution < 1.29 is 14.6 Å². The number of benzene rings is 5. The lowest BCUT2D eigenvalue weighted by atomic mass is 9.97. The summed E-state index contributed by atoms with van der Waals surface area (Å²) < 4.78 is 13.4. The van der Waals surface area contributed by atoms with Crippen LogP contribution in [-0.2, 0) is 35.7 Å². The molecule has 0 saturated carbocycles. The Morgan fingerprint density at radius 2 is 1.23 bits per heavy atom. The molecule has 1 heterocycles. The molecule has 6 rings (SSSR count). The average Bonchev–Trinajstić information content (AvgIpc) is 3.09. The number of hydrogen-bond acceptors (Lipinski definition) is 5. The van der Waals surface area contributed by atoms with Gasteiger partial charge in [-0.2, -0.15) is 0 Å². The first-order chi connectivity index (χ1) is 21.7. The minimum Gasteiger partial charge on any atom is -0.392 e. The van der Waals surface area contributed by atoms with Crippen molar-refractivity contribution in [2.75, 3.05) is 6.54 Å². The van der Waals surface area contributed by atoms with Crippen LogP contribution in [0.15, 0.2) is 133 Å². The Hall–Kier alpha value is -4.10. The van der Waals surface area contributed by atoms with E-state index in [1.165, 1.54) is 11.1 Å². The van der Waals surface area contributed by atoms with Crippen LogP contribution in [0.2, 0.25) is 0 Å². The molecule has 0 bridgehead atoms. The lowest BCUT2D eigenvalue weighted by molar-refractivity contribution is -0.253. The first-order valence-electron chi connectivity index (χ1n) is 15.4. The van der Waals surface area contributed by atoms with E-state index >= 15 is 0 Å². The predicted octanol–water partition coefficient (Wildman–Crippen LogP) is 7.55. The molecule has 0 amide bonds. The van der Waals surface area contributed by atoms with Crippen molar-refractivity contribution in [3.05, 3.63) is 167 Å². The van der Waals surface area contributed by atoms with Gasteiger partial charge in [0.15, 0.2) is 6.29 Å². The summed E-state index contributed by atoms with van der Waals surface area (Å²) in [7, 11) is 0. The summed E-state index contributed by atoms with van der Waals surface area (Å²) >= 11 is 0. The maximum atomic E-state index is 9.59. The lowest BCUT2D eigenvalue weighted by Crippen LogP contribution is -2.39. The van der Waals surface area contributed by atoms with Crippen LogP contribution in [0.25, 0.3) is 11.1 Å². The molecular formula is C39H40N2O3. The first-order valence-corrected chi connectivity index (χ1v) is 15.4. The number of nitrogens with zero attached hydrogens (tertiary/aromatic N) is 1. The molecule has 0 aromatic heterocycles. The van der Waals surface area contributed by atoms with Crippen molar-refractivity contribution in [2.24, 2.45) is 5.73 Å². The van der Waals surface area contributed by atoms with E-state index in [-0.39, 0.29) is 18.8 Å². The zero-order chi connectivity index (χ0) is 30.1. The quantitative estimate of drug-likeness (QED) is 0.168. The molecule has 3 atom stereocenters. The molecule has 0 spiro atoms. The summed E-state index contributed by atoms with van der Waals surface area (Å²) in [5.74, 6) is 0. The van der Waals surface area contributed by atoms with Crippen molar-refractivity contribution >= 4 is 0 Å². The van der Waals surface area contributed by atoms with Gasteiger partial charge in [-0.15, -0.1) is 0 Å². The molecule has 5 aromatic rings. The first kappa shape index (κ1) is 29.9. The van der Waals surface area contributed by atoms with E-state index < -0.39 is 6.29 Å². The van der Waals surface area contributed by atoms with Gasteiger partial charge in [0.1, 0.15) is 0 Å². The second-order valence-electron chi connectivity index (χ2n) is 11.5. The molecular weight excluding hydrogens is 544 g/mol. The van der Waals surface area contributed by atoms with Crippen LogP contribution in [0.5, 0.6) is 0 Å². The van der Waals surface area contributed by atoms with E-state index in [2.05, 4.69) is 114 Å². The van der Waals surface area contributed by atoms with E-state index in [4.69, 9.17) is 15.2 Å². The lowest BCUT2D eigenvalue weighted by Gasteiger charge is -2.38. The summed E-state index contributed by atoms with van der Waals surface area (Å²) in [5.41, 5.74) is 14.9. The average molecular weight is 585 g/mol. The summed E-state index contributed by atoms with van der Waals surface area (Å²) in [6, 6.07) is 46.0. The van der Waals surface area contributed by atoms with Crippen molar-refractivity contribution in [1.29, 1.82) is 0 Å². The molecule has 3 N–H and O–H groups in total. The Morgan fingerprint density at radius 3 is 1.84 bits per heavy atom. The zero-order valence-corrected chi connectivity index (χ0v) is 25.0. The van der Waals surface area contributed by atoms with Crippen molar-refractivity contribution in [2.45, 2.75) is 51.2 Å². The second-order valence-corrected chi connectivity index (χ2v) is 11.5. The summed E-state index contributed by atoms with van der Waals surface area (Å²) in [5, 5.41) is 9.59. The Kier molecular flexibility index (Phi) is 9.93. The van der Waals surface area contributed by atoms with Gasteiger partial charge in [-0.3, -0.25) is 4.90 Å². The van der Waals surface area contributed by atoms with E-state index in [0.29, 0.717) is 6.54 Å². The fourth-order valence-electron chi connectivity index (χ4n) is 5.99. The molecule has 1 aliphatic heterocycles. The minimum absolute atomic E-state index is 0.0216. The fraction of sp³-hybridized carbons (Fsp3) is 0.231. The Morgan fingerprint density at radius 1 is 0.636 bits per heavy atom. The van der Waals surface area contributed by atoms with Gasteiger partial charge in [-0.25, -0.2) is 0 Å². The summed E-state index contributed by atoms with van der Waals surface area (Å²) in [6.45, 7) is 2.93. The molecule has 5 heteroatoms. The van der Waals surface area contributed by atoms with E-state index in [1.807, 2.05) is 24.3 Å². The second kappa shape index (κ2) is 14.6. The molecule has 1 aliphatic rings. The molecule has 0 radical (unpaired) electrons. The van der Waals surface area contributed by atoms with Crippen LogP contribution in [-0.4, -0.2) is 22.7 Å². The normalized spacial score (nSPS) is 18.4.